The maximum atomic E-state index is 12.1. The molecule has 1 saturated carbocycles. The molecule has 1 unspecified atom stereocenters. The zero-order valence-corrected chi connectivity index (χ0v) is 13.6. The fourth-order valence-electron chi connectivity index (χ4n) is 3.96. The Balaban J connectivity index is 1.37. The third-order valence-corrected chi connectivity index (χ3v) is 5.27. The third kappa shape index (κ3) is 2.57. The van der Waals surface area contributed by atoms with Crippen LogP contribution in [0.15, 0.2) is 40.9 Å². The molecule has 1 aliphatic carbocycles. The summed E-state index contributed by atoms with van der Waals surface area (Å²) >= 11 is 0. The zero-order chi connectivity index (χ0) is 16.6. The number of benzene rings is 1. The first-order valence-corrected chi connectivity index (χ1v) is 8.29. The van der Waals surface area contributed by atoms with Gasteiger partial charge in [-0.2, -0.15) is 0 Å². The predicted molar refractivity (Wildman–Crippen MR) is 87.4 cm³/mol. The van der Waals surface area contributed by atoms with Gasteiger partial charge in [0.2, 0.25) is 0 Å². The van der Waals surface area contributed by atoms with E-state index in [0.717, 1.165) is 30.1 Å². The SMILES string of the molecule is Cc1cc(C2(CNC(=O)OCc3ccccc3)[C@@H]3CNC[C@@H]32)no1. The van der Waals surface area contributed by atoms with Crippen LogP contribution in [0.3, 0.4) is 0 Å². The molecule has 1 saturated heterocycles. The van der Waals surface area contributed by atoms with Crippen LogP contribution in [-0.2, 0) is 16.8 Å². The van der Waals surface area contributed by atoms with Crippen LogP contribution in [0.5, 0.6) is 0 Å². The van der Waals surface area contributed by atoms with E-state index in [4.69, 9.17) is 9.26 Å². The number of piperidine rings is 1. The standard InChI is InChI=1S/C18H21N3O3/c1-12-7-16(21-24-12)18(14-8-19-9-15(14)18)11-20-17(22)23-10-13-5-3-2-4-6-13/h2-7,14-15,19H,8-11H2,1H3,(H,20,22)/t14-,15+,18?. The normalized spacial score (nSPS) is 27.5. The summed E-state index contributed by atoms with van der Waals surface area (Å²) in [5, 5.41) is 10.5. The molecule has 1 aromatic heterocycles. The summed E-state index contributed by atoms with van der Waals surface area (Å²) in [5.41, 5.74) is 1.80. The minimum absolute atomic E-state index is 0.116. The molecule has 1 aliphatic heterocycles. The van der Waals surface area contributed by atoms with Gasteiger partial charge in [-0.15, -0.1) is 0 Å². The molecular formula is C18H21N3O3. The number of fused-ring (bicyclic) bond motifs is 1. The highest BCUT2D eigenvalue weighted by Gasteiger charge is 2.68. The number of aryl methyl sites for hydroxylation is 1. The van der Waals surface area contributed by atoms with Crippen LogP contribution in [-0.4, -0.2) is 30.9 Å². The summed E-state index contributed by atoms with van der Waals surface area (Å²) in [5.74, 6) is 1.79. The molecule has 0 radical (unpaired) electrons. The smallest absolute Gasteiger partial charge is 0.407 e. The Labute approximate surface area is 140 Å². The van der Waals surface area contributed by atoms with E-state index in [-0.39, 0.29) is 12.0 Å². The highest BCUT2D eigenvalue weighted by molar-refractivity contribution is 5.67. The van der Waals surface area contributed by atoms with E-state index in [1.54, 1.807) is 0 Å². The summed E-state index contributed by atoms with van der Waals surface area (Å²) in [6, 6.07) is 11.6. The van der Waals surface area contributed by atoms with Gasteiger partial charge in [-0.3, -0.25) is 0 Å². The number of carbonyl (C=O) groups excluding carboxylic acids is 1. The van der Waals surface area contributed by atoms with Crippen LogP contribution in [0, 0.1) is 18.8 Å². The molecule has 3 atom stereocenters. The Bertz CT molecular complexity index is 718. The van der Waals surface area contributed by atoms with Crippen LogP contribution in [0.1, 0.15) is 17.0 Å². The monoisotopic (exact) mass is 327 g/mol. The first-order valence-electron chi connectivity index (χ1n) is 8.29. The van der Waals surface area contributed by atoms with Crippen molar-refractivity contribution in [3.63, 3.8) is 0 Å². The Morgan fingerprint density at radius 1 is 1.38 bits per heavy atom. The summed E-state index contributed by atoms with van der Waals surface area (Å²) in [4.78, 5) is 12.1. The average molecular weight is 327 g/mol. The molecule has 6 heteroatoms. The first kappa shape index (κ1) is 15.2. The van der Waals surface area contributed by atoms with Crippen molar-refractivity contribution < 1.29 is 14.1 Å². The molecule has 6 nitrogen and oxygen atoms in total. The number of hydrogen-bond acceptors (Lipinski definition) is 5. The van der Waals surface area contributed by atoms with Gasteiger partial charge >= 0.3 is 6.09 Å². The molecule has 0 bridgehead atoms. The van der Waals surface area contributed by atoms with Crippen LogP contribution in [0.2, 0.25) is 0 Å². The van der Waals surface area contributed by atoms with E-state index >= 15 is 0 Å². The quantitative estimate of drug-likeness (QED) is 0.878. The number of nitrogens with one attached hydrogen (secondary N) is 2. The molecule has 0 spiro atoms. The minimum Gasteiger partial charge on any atom is -0.445 e. The molecule has 126 valence electrons. The second kappa shape index (κ2) is 5.94. The summed E-state index contributed by atoms with van der Waals surface area (Å²) < 4.78 is 10.6. The summed E-state index contributed by atoms with van der Waals surface area (Å²) in [6.07, 6.45) is -0.392. The highest BCUT2D eigenvalue weighted by Crippen LogP contribution is 2.60. The lowest BCUT2D eigenvalue weighted by molar-refractivity contribution is 0.138. The Kier molecular flexibility index (Phi) is 3.76. The largest absolute Gasteiger partial charge is 0.445 e. The molecule has 2 N–H and O–H groups in total. The van der Waals surface area contributed by atoms with Crippen LogP contribution in [0.25, 0.3) is 0 Å². The fourth-order valence-corrected chi connectivity index (χ4v) is 3.96. The first-order chi connectivity index (χ1) is 11.7. The van der Waals surface area contributed by atoms with Crippen molar-refractivity contribution in [2.45, 2.75) is 18.9 Å². The number of rotatable bonds is 5. The van der Waals surface area contributed by atoms with Crippen molar-refractivity contribution >= 4 is 6.09 Å². The number of aromatic nitrogens is 1. The lowest BCUT2D eigenvalue weighted by Crippen LogP contribution is -2.38. The van der Waals surface area contributed by atoms with Gasteiger partial charge in [0, 0.05) is 18.0 Å². The second-order valence-electron chi connectivity index (χ2n) is 6.65. The average Bonchev–Trinajstić information content (AvgIpc) is 2.99. The Morgan fingerprint density at radius 3 is 2.79 bits per heavy atom. The number of carbonyl (C=O) groups is 1. The van der Waals surface area contributed by atoms with Crippen LogP contribution in [0.4, 0.5) is 4.79 Å². The van der Waals surface area contributed by atoms with Crippen molar-refractivity contribution in [3.05, 3.63) is 53.4 Å². The molecule has 24 heavy (non-hydrogen) atoms. The molecule has 2 aliphatic rings. The van der Waals surface area contributed by atoms with Gasteiger partial charge < -0.3 is 19.9 Å². The van der Waals surface area contributed by atoms with Crippen LogP contribution >= 0.6 is 0 Å². The number of hydrogen-bond donors (Lipinski definition) is 2. The zero-order valence-electron chi connectivity index (χ0n) is 13.6. The van der Waals surface area contributed by atoms with E-state index in [1.165, 1.54) is 0 Å². The van der Waals surface area contributed by atoms with Crippen molar-refractivity contribution in [1.29, 1.82) is 0 Å². The number of nitrogens with zero attached hydrogens (tertiary/aromatic N) is 1. The van der Waals surface area contributed by atoms with Crippen LogP contribution < -0.4 is 10.6 Å². The van der Waals surface area contributed by atoms with E-state index < -0.39 is 6.09 Å². The van der Waals surface area contributed by atoms with E-state index in [0.29, 0.717) is 18.4 Å². The molecule has 2 aromatic rings. The topological polar surface area (TPSA) is 76.4 Å². The van der Waals surface area contributed by atoms with Gasteiger partial charge in [0.25, 0.3) is 0 Å². The number of alkyl carbamates (subject to hydrolysis) is 1. The van der Waals surface area contributed by atoms with Gasteiger partial charge in [-0.25, -0.2) is 4.79 Å². The van der Waals surface area contributed by atoms with Gasteiger partial charge in [0.15, 0.2) is 0 Å². The number of amides is 1. The molecule has 1 aromatic carbocycles. The maximum absolute atomic E-state index is 12.1. The molecular weight excluding hydrogens is 306 g/mol. The molecule has 2 heterocycles. The van der Waals surface area contributed by atoms with E-state index in [9.17, 15) is 4.79 Å². The third-order valence-electron chi connectivity index (χ3n) is 5.27. The molecule has 4 rings (SSSR count). The summed E-state index contributed by atoms with van der Waals surface area (Å²) in [7, 11) is 0. The molecule has 2 fully saturated rings. The summed E-state index contributed by atoms with van der Waals surface area (Å²) in [6.45, 7) is 4.61. The van der Waals surface area contributed by atoms with Gasteiger partial charge in [0.05, 0.1) is 5.69 Å². The van der Waals surface area contributed by atoms with E-state index in [1.807, 2.05) is 43.3 Å². The van der Waals surface area contributed by atoms with E-state index in [2.05, 4.69) is 15.8 Å². The fraction of sp³-hybridized carbons (Fsp3) is 0.444. The van der Waals surface area contributed by atoms with Crippen molar-refractivity contribution in [2.24, 2.45) is 11.8 Å². The Morgan fingerprint density at radius 2 is 2.12 bits per heavy atom. The Hall–Kier alpha value is -2.34. The van der Waals surface area contributed by atoms with Gasteiger partial charge in [-0.05, 0) is 37.4 Å². The minimum atomic E-state index is -0.392. The molecule has 1 amide bonds. The lowest BCUT2D eigenvalue weighted by Gasteiger charge is -2.19. The highest BCUT2D eigenvalue weighted by atomic mass is 16.5. The number of ether oxygens (including phenoxy) is 1. The van der Waals surface area contributed by atoms with Crippen molar-refractivity contribution in [2.75, 3.05) is 19.6 Å². The van der Waals surface area contributed by atoms with Gasteiger partial charge in [0.1, 0.15) is 12.4 Å². The van der Waals surface area contributed by atoms with Crippen molar-refractivity contribution in [3.8, 4) is 0 Å². The lowest BCUT2D eigenvalue weighted by atomic mass is 9.95. The van der Waals surface area contributed by atoms with Gasteiger partial charge in [-0.1, -0.05) is 35.5 Å². The second-order valence-corrected chi connectivity index (χ2v) is 6.65. The van der Waals surface area contributed by atoms with Crippen molar-refractivity contribution in [1.82, 2.24) is 15.8 Å². The predicted octanol–water partition coefficient (Wildman–Crippen LogP) is 2.00. The maximum Gasteiger partial charge on any atom is 0.407 e.